The summed E-state index contributed by atoms with van der Waals surface area (Å²) in [7, 11) is 0. The highest BCUT2D eigenvalue weighted by molar-refractivity contribution is 9.10. The van der Waals surface area contributed by atoms with Crippen molar-refractivity contribution < 1.29 is 5.11 Å². The van der Waals surface area contributed by atoms with Crippen molar-refractivity contribution >= 4 is 33.3 Å². The standard InChI is InChI=1S/C11H14BrClN2O/c12-9-6-15-11(4-10(9)13)14-5-7-1-2-8(16)3-7/h4,6-8,16H,1-3,5H2,(H,14,15)/t7?,8-/m1/s1. The van der Waals surface area contributed by atoms with E-state index in [9.17, 15) is 5.11 Å². The lowest BCUT2D eigenvalue weighted by Crippen LogP contribution is -2.13. The quantitative estimate of drug-likeness (QED) is 0.902. The molecule has 2 atom stereocenters. The molecule has 3 nitrogen and oxygen atoms in total. The molecule has 1 aliphatic carbocycles. The van der Waals surface area contributed by atoms with E-state index < -0.39 is 0 Å². The van der Waals surface area contributed by atoms with E-state index in [1.165, 1.54) is 0 Å². The second-order valence-corrected chi connectivity index (χ2v) is 5.46. The maximum Gasteiger partial charge on any atom is 0.127 e. The number of nitrogens with one attached hydrogen (secondary N) is 1. The first-order valence-corrected chi connectivity index (χ1v) is 6.55. The van der Waals surface area contributed by atoms with Gasteiger partial charge in [0, 0.05) is 18.8 Å². The Hall–Kier alpha value is -0.320. The molecule has 0 spiro atoms. The monoisotopic (exact) mass is 304 g/mol. The molecule has 88 valence electrons. The maximum absolute atomic E-state index is 9.41. The Bertz CT molecular complexity index is 375. The van der Waals surface area contributed by atoms with E-state index in [4.69, 9.17) is 11.6 Å². The Morgan fingerprint density at radius 1 is 1.56 bits per heavy atom. The fourth-order valence-electron chi connectivity index (χ4n) is 1.99. The predicted molar refractivity (Wildman–Crippen MR) is 68.8 cm³/mol. The molecule has 1 heterocycles. The van der Waals surface area contributed by atoms with Gasteiger partial charge in [0.1, 0.15) is 5.82 Å². The molecule has 1 fully saturated rings. The molecular formula is C11H14BrClN2O. The van der Waals surface area contributed by atoms with Crippen LogP contribution < -0.4 is 5.32 Å². The van der Waals surface area contributed by atoms with Crippen LogP contribution in [0.2, 0.25) is 5.02 Å². The summed E-state index contributed by atoms with van der Waals surface area (Å²) in [5.41, 5.74) is 0. The largest absolute Gasteiger partial charge is 0.393 e. The van der Waals surface area contributed by atoms with E-state index >= 15 is 0 Å². The summed E-state index contributed by atoms with van der Waals surface area (Å²) in [4.78, 5) is 4.21. The molecule has 1 aromatic rings. The zero-order valence-electron chi connectivity index (χ0n) is 8.79. The van der Waals surface area contributed by atoms with Gasteiger partial charge in [0.15, 0.2) is 0 Å². The third-order valence-electron chi connectivity index (χ3n) is 2.89. The lowest BCUT2D eigenvalue weighted by atomic mass is 10.1. The molecule has 0 aliphatic heterocycles. The van der Waals surface area contributed by atoms with Gasteiger partial charge >= 0.3 is 0 Å². The Labute approximate surface area is 108 Å². The molecule has 0 radical (unpaired) electrons. The Morgan fingerprint density at radius 3 is 3.00 bits per heavy atom. The van der Waals surface area contributed by atoms with Crippen molar-refractivity contribution in [3.05, 3.63) is 21.8 Å². The molecular weight excluding hydrogens is 291 g/mol. The molecule has 0 amide bonds. The number of hydrogen-bond donors (Lipinski definition) is 2. The lowest BCUT2D eigenvalue weighted by Gasteiger charge is -2.11. The van der Waals surface area contributed by atoms with Gasteiger partial charge in [0.25, 0.3) is 0 Å². The number of nitrogens with zero attached hydrogens (tertiary/aromatic N) is 1. The van der Waals surface area contributed by atoms with Crippen LogP contribution in [-0.2, 0) is 0 Å². The summed E-state index contributed by atoms with van der Waals surface area (Å²) in [5.74, 6) is 1.33. The van der Waals surface area contributed by atoms with Crippen molar-refractivity contribution in [2.24, 2.45) is 5.92 Å². The third kappa shape index (κ3) is 3.09. The van der Waals surface area contributed by atoms with E-state index in [2.05, 4.69) is 26.2 Å². The molecule has 0 bridgehead atoms. The van der Waals surface area contributed by atoms with Crippen LogP contribution in [0.15, 0.2) is 16.7 Å². The van der Waals surface area contributed by atoms with Crippen molar-refractivity contribution in [1.29, 1.82) is 0 Å². The summed E-state index contributed by atoms with van der Waals surface area (Å²) < 4.78 is 0.802. The highest BCUT2D eigenvalue weighted by Crippen LogP contribution is 2.27. The zero-order valence-corrected chi connectivity index (χ0v) is 11.1. The average Bonchev–Trinajstić information content (AvgIpc) is 2.66. The lowest BCUT2D eigenvalue weighted by molar-refractivity contribution is 0.178. The first-order chi connectivity index (χ1) is 7.65. The number of anilines is 1. The maximum atomic E-state index is 9.41. The van der Waals surface area contributed by atoms with Crippen molar-refractivity contribution in [3.8, 4) is 0 Å². The summed E-state index contributed by atoms with van der Waals surface area (Å²) in [5, 5.41) is 13.3. The normalized spacial score (nSPS) is 24.7. The molecule has 2 N–H and O–H groups in total. The van der Waals surface area contributed by atoms with Crippen LogP contribution in [0.5, 0.6) is 0 Å². The minimum Gasteiger partial charge on any atom is -0.393 e. The van der Waals surface area contributed by atoms with Crippen molar-refractivity contribution in [2.75, 3.05) is 11.9 Å². The van der Waals surface area contributed by atoms with Gasteiger partial charge in [-0.15, -0.1) is 0 Å². The molecule has 16 heavy (non-hydrogen) atoms. The van der Waals surface area contributed by atoms with E-state index in [1.54, 1.807) is 12.3 Å². The molecule has 1 unspecified atom stereocenters. The minimum absolute atomic E-state index is 0.117. The van der Waals surface area contributed by atoms with Crippen molar-refractivity contribution in [2.45, 2.75) is 25.4 Å². The second kappa shape index (κ2) is 5.34. The second-order valence-electron chi connectivity index (χ2n) is 4.20. The molecule has 2 rings (SSSR count). The van der Waals surface area contributed by atoms with Gasteiger partial charge in [0.05, 0.1) is 15.6 Å². The van der Waals surface area contributed by atoms with Crippen molar-refractivity contribution in [1.82, 2.24) is 4.98 Å². The number of halogens is 2. The van der Waals surface area contributed by atoms with Crippen LogP contribution in [0.1, 0.15) is 19.3 Å². The van der Waals surface area contributed by atoms with E-state index in [1.807, 2.05) is 0 Å². The highest BCUT2D eigenvalue weighted by atomic mass is 79.9. The Kier molecular flexibility index (Phi) is 4.05. The first-order valence-electron chi connectivity index (χ1n) is 5.38. The molecule has 1 aromatic heterocycles. The van der Waals surface area contributed by atoms with Crippen molar-refractivity contribution in [3.63, 3.8) is 0 Å². The summed E-state index contributed by atoms with van der Waals surface area (Å²) in [6.45, 7) is 0.849. The number of aromatic nitrogens is 1. The van der Waals surface area contributed by atoms with Crippen LogP contribution in [-0.4, -0.2) is 22.7 Å². The number of pyridine rings is 1. The van der Waals surface area contributed by atoms with Crippen LogP contribution in [0.3, 0.4) is 0 Å². The topological polar surface area (TPSA) is 45.1 Å². The van der Waals surface area contributed by atoms with Crippen LogP contribution in [0.4, 0.5) is 5.82 Å². The van der Waals surface area contributed by atoms with Crippen LogP contribution in [0.25, 0.3) is 0 Å². The number of aliphatic hydroxyl groups is 1. The van der Waals surface area contributed by atoms with Gasteiger partial charge in [-0.1, -0.05) is 11.6 Å². The van der Waals surface area contributed by atoms with E-state index in [0.29, 0.717) is 10.9 Å². The van der Waals surface area contributed by atoms with Gasteiger partial charge in [-0.2, -0.15) is 0 Å². The summed E-state index contributed by atoms with van der Waals surface area (Å²) >= 11 is 9.26. The van der Waals surface area contributed by atoms with Gasteiger partial charge in [-0.05, 0) is 41.1 Å². The van der Waals surface area contributed by atoms with Gasteiger partial charge in [-0.3, -0.25) is 0 Å². The number of hydrogen-bond acceptors (Lipinski definition) is 3. The molecule has 0 aromatic carbocycles. The average molecular weight is 306 g/mol. The Balaban J connectivity index is 1.87. The molecule has 0 saturated heterocycles. The third-order valence-corrected chi connectivity index (χ3v) is 4.07. The van der Waals surface area contributed by atoms with Crippen LogP contribution in [0, 0.1) is 5.92 Å². The summed E-state index contributed by atoms with van der Waals surface area (Å²) in [6, 6.07) is 1.80. The van der Waals surface area contributed by atoms with Crippen LogP contribution >= 0.6 is 27.5 Å². The predicted octanol–water partition coefficient (Wildman–Crippen LogP) is 3.07. The zero-order chi connectivity index (χ0) is 11.5. The minimum atomic E-state index is -0.117. The Morgan fingerprint density at radius 2 is 2.38 bits per heavy atom. The number of aliphatic hydroxyl groups excluding tert-OH is 1. The van der Waals surface area contributed by atoms with Gasteiger partial charge < -0.3 is 10.4 Å². The van der Waals surface area contributed by atoms with Gasteiger partial charge in [-0.25, -0.2) is 4.98 Å². The van der Waals surface area contributed by atoms with E-state index in [0.717, 1.165) is 36.1 Å². The molecule has 1 aliphatic rings. The molecule has 5 heteroatoms. The highest BCUT2D eigenvalue weighted by Gasteiger charge is 2.22. The smallest absolute Gasteiger partial charge is 0.127 e. The SMILES string of the molecule is O[C@@H]1CCC(CNc2cc(Cl)c(Br)cn2)C1. The first kappa shape index (κ1) is 12.1. The fourth-order valence-corrected chi connectivity index (χ4v) is 2.36. The van der Waals surface area contributed by atoms with E-state index in [-0.39, 0.29) is 6.10 Å². The fraction of sp³-hybridized carbons (Fsp3) is 0.545. The molecule has 1 saturated carbocycles. The summed E-state index contributed by atoms with van der Waals surface area (Å²) in [6.07, 6.45) is 4.46. The number of rotatable bonds is 3. The van der Waals surface area contributed by atoms with Gasteiger partial charge in [0.2, 0.25) is 0 Å².